The van der Waals surface area contributed by atoms with E-state index in [0.29, 0.717) is 6.42 Å². The van der Waals surface area contributed by atoms with Crippen molar-refractivity contribution < 1.29 is 4.79 Å². The third-order valence-electron chi connectivity index (χ3n) is 9.79. The number of hydrogen-bond donors (Lipinski definition) is 1. The smallest absolute Gasteiger partial charge is 0.222 e. The summed E-state index contributed by atoms with van der Waals surface area (Å²) in [6.07, 6.45) is 2.15. The molecule has 8 rings (SSSR count). The summed E-state index contributed by atoms with van der Waals surface area (Å²) in [5.41, 5.74) is 3.86. The van der Waals surface area contributed by atoms with Gasteiger partial charge in [0.15, 0.2) is 0 Å². The van der Waals surface area contributed by atoms with E-state index < -0.39 is 15.8 Å². The van der Waals surface area contributed by atoms with Crippen LogP contribution in [0.5, 0.6) is 0 Å². The van der Waals surface area contributed by atoms with Gasteiger partial charge in [-0.15, -0.1) is 0 Å². The molecule has 0 aliphatic carbocycles. The largest absolute Gasteiger partial charge is 0.341 e. The number of fused-ring (bicyclic) bond motifs is 2. The molecule has 2 nitrogen and oxygen atoms in total. The number of aryl methyl sites for hydroxylation is 1. The molecule has 0 heterocycles. The van der Waals surface area contributed by atoms with Crippen molar-refractivity contribution >= 4 is 84.5 Å². The van der Waals surface area contributed by atoms with Crippen LogP contribution in [0.4, 0.5) is 0 Å². The number of amides is 1. The molecule has 0 saturated heterocycles. The van der Waals surface area contributed by atoms with Gasteiger partial charge in [0.1, 0.15) is 0 Å². The highest BCUT2D eigenvalue weighted by Gasteiger charge is 2.28. The normalized spacial score (nSPS) is 11.4. The maximum absolute atomic E-state index is 12.0. The quantitative estimate of drug-likeness (QED) is 0.132. The molecule has 8 aromatic rings. The number of hydrogen-bond acceptors (Lipinski definition) is 1. The first kappa shape index (κ1) is 35.1. The standard InChI is InChI=1S/C48H40NOP3/c50-46(49-51)27-15-16-35-28-31-43-37(34-35)30-33-45(53(40-22-9-3-10-23-40)41-24-11-4-12-25-41)48(43)47-42-26-14-13-17-36(42)29-32-44(47)52(38-18-5-1-6-19-38)39-20-7-2-8-21-39/h1-14,17-26,28-34H,15-16,27,51H2,(H,49,50). The Hall–Kier alpha value is -4.96. The molecular formula is C48H40NOP3. The third kappa shape index (κ3) is 7.47. The molecule has 1 unspecified atom stereocenters. The van der Waals surface area contributed by atoms with Gasteiger partial charge in [-0.25, -0.2) is 0 Å². The van der Waals surface area contributed by atoms with Crippen molar-refractivity contribution in [3.63, 3.8) is 0 Å². The van der Waals surface area contributed by atoms with Gasteiger partial charge in [0.05, 0.1) is 0 Å². The number of rotatable bonds is 11. The molecule has 0 saturated carbocycles. The number of nitrogens with one attached hydrogen (secondary N) is 1. The number of carbonyl (C=O) groups excluding carboxylic acids is 1. The zero-order chi connectivity index (χ0) is 36.0. The second-order valence-electron chi connectivity index (χ2n) is 13.1. The minimum Gasteiger partial charge on any atom is -0.341 e. The first-order valence-corrected chi connectivity index (χ1v) is 21.3. The fourth-order valence-corrected chi connectivity index (χ4v) is 12.5. The second-order valence-corrected chi connectivity index (χ2v) is 17.8. The van der Waals surface area contributed by atoms with Crippen LogP contribution in [0.1, 0.15) is 18.4 Å². The van der Waals surface area contributed by atoms with Crippen LogP contribution >= 0.6 is 25.2 Å². The van der Waals surface area contributed by atoms with Crippen molar-refractivity contribution in [1.82, 2.24) is 5.09 Å². The van der Waals surface area contributed by atoms with Gasteiger partial charge in [-0.05, 0) is 108 Å². The van der Waals surface area contributed by atoms with Gasteiger partial charge in [0.25, 0.3) is 0 Å². The van der Waals surface area contributed by atoms with Crippen molar-refractivity contribution in [3.05, 3.63) is 194 Å². The molecule has 5 heteroatoms. The van der Waals surface area contributed by atoms with Crippen LogP contribution in [0.3, 0.4) is 0 Å². The van der Waals surface area contributed by atoms with Crippen LogP contribution in [0.25, 0.3) is 32.7 Å². The van der Waals surface area contributed by atoms with Crippen molar-refractivity contribution in [2.45, 2.75) is 19.3 Å². The van der Waals surface area contributed by atoms with E-state index >= 15 is 0 Å². The lowest BCUT2D eigenvalue weighted by molar-refractivity contribution is -0.119. The Kier molecular flexibility index (Phi) is 10.8. The van der Waals surface area contributed by atoms with Crippen LogP contribution in [-0.4, -0.2) is 5.91 Å². The van der Waals surface area contributed by atoms with E-state index in [1.807, 2.05) is 0 Å². The van der Waals surface area contributed by atoms with E-state index in [-0.39, 0.29) is 5.91 Å². The number of benzene rings is 8. The first-order valence-electron chi connectivity index (χ1n) is 18.1. The zero-order valence-electron chi connectivity index (χ0n) is 29.4. The summed E-state index contributed by atoms with van der Waals surface area (Å²) in [6, 6.07) is 69.6. The van der Waals surface area contributed by atoms with Gasteiger partial charge in [-0.3, -0.25) is 4.79 Å². The molecule has 1 amide bonds. The maximum Gasteiger partial charge on any atom is 0.222 e. The molecule has 1 atom stereocenters. The van der Waals surface area contributed by atoms with Crippen LogP contribution in [0.2, 0.25) is 0 Å². The highest BCUT2D eigenvalue weighted by Crippen LogP contribution is 2.45. The van der Waals surface area contributed by atoms with Gasteiger partial charge in [-0.2, -0.15) is 0 Å². The van der Waals surface area contributed by atoms with E-state index in [9.17, 15) is 4.79 Å². The lowest BCUT2D eigenvalue weighted by atomic mass is 9.92. The van der Waals surface area contributed by atoms with E-state index in [1.54, 1.807) is 0 Å². The van der Waals surface area contributed by atoms with Crippen molar-refractivity contribution in [1.29, 1.82) is 0 Å². The summed E-state index contributed by atoms with van der Waals surface area (Å²) in [4.78, 5) is 12.0. The third-order valence-corrected chi connectivity index (χ3v) is 15.1. The molecule has 0 spiro atoms. The van der Waals surface area contributed by atoms with Crippen LogP contribution in [0, 0.1) is 0 Å². The van der Waals surface area contributed by atoms with Crippen molar-refractivity contribution in [2.24, 2.45) is 0 Å². The molecule has 0 bridgehead atoms. The predicted octanol–water partition coefficient (Wildman–Crippen LogP) is 9.41. The van der Waals surface area contributed by atoms with Crippen LogP contribution < -0.4 is 36.9 Å². The summed E-state index contributed by atoms with van der Waals surface area (Å²) in [5, 5.41) is 15.7. The first-order chi connectivity index (χ1) is 26.2. The fourth-order valence-electron chi connectivity index (χ4n) is 7.37. The molecular weight excluding hydrogens is 699 g/mol. The van der Waals surface area contributed by atoms with E-state index in [2.05, 4.69) is 203 Å². The number of carbonyl (C=O) groups is 1. The Bertz CT molecular complexity index is 2410. The molecule has 0 radical (unpaired) electrons. The highest BCUT2D eigenvalue weighted by molar-refractivity contribution is 7.80. The molecule has 53 heavy (non-hydrogen) atoms. The monoisotopic (exact) mass is 739 g/mol. The lowest BCUT2D eigenvalue weighted by Crippen LogP contribution is -2.26. The maximum atomic E-state index is 12.0. The molecule has 0 aliphatic rings. The second kappa shape index (κ2) is 16.4. The Morgan fingerprint density at radius 1 is 0.472 bits per heavy atom. The average molecular weight is 740 g/mol. The summed E-state index contributed by atoms with van der Waals surface area (Å²) in [5.74, 6) is 0.0507. The summed E-state index contributed by atoms with van der Waals surface area (Å²) in [6.45, 7) is 0. The van der Waals surface area contributed by atoms with Crippen LogP contribution in [0.15, 0.2) is 188 Å². The highest BCUT2D eigenvalue weighted by atomic mass is 31.1. The molecule has 258 valence electrons. The van der Waals surface area contributed by atoms with E-state index in [1.165, 1.54) is 70.1 Å². The Balaban J connectivity index is 1.46. The minimum atomic E-state index is -0.925. The summed E-state index contributed by atoms with van der Waals surface area (Å²) >= 11 is 0. The Morgan fingerprint density at radius 3 is 1.40 bits per heavy atom. The fraction of sp³-hybridized carbons (Fsp3) is 0.0625. The summed E-state index contributed by atoms with van der Waals surface area (Å²) < 4.78 is 0. The SMILES string of the molecule is O=C(CCCc1ccc2c(-c3c(P(c4ccccc4)c4ccccc4)ccc4ccccc34)c(P(c3ccccc3)c3ccccc3)ccc2c1)NP. The molecule has 1 N–H and O–H groups in total. The van der Waals surface area contributed by atoms with E-state index in [0.717, 1.165) is 12.8 Å². The molecule has 0 aromatic heterocycles. The van der Waals surface area contributed by atoms with Crippen molar-refractivity contribution in [3.8, 4) is 11.1 Å². The van der Waals surface area contributed by atoms with Gasteiger partial charge < -0.3 is 5.09 Å². The van der Waals surface area contributed by atoms with Gasteiger partial charge in [0, 0.05) is 6.42 Å². The topological polar surface area (TPSA) is 29.1 Å². The predicted molar refractivity (Wildman–Crippen MR) is 235 cm³/mol. The molecule has 8 aromatic carbocycles. The van der Waals surface area contributed by atoms with Gasteiger partial charge in [-0.1, -0.05) is 188 Å². The minimum absolute atomic E-state index is 0.0507. The van der Waals surface area contributed by atoms with E-state index in [4.69, 9.17) is 0 Å². The Morgan fingerprint density at radius 2 is 0.906 bits per heavy atom. The van der Waals surface area contributed by atoms with Crippen molar-refractivity contribution in [2.75, 3.05) is 0 Å². The van der Waals surface area contributed by atoms with Gasteiger partial charge >= 0.3 is 0 Å². The lowest BCUT2D eigenvalue weighted by Gasteiger charge is -2.28. The van der Waals surface area contributed by atoms with Crippen LogP contribution in [-0.2, 0) is 11.2 Å². The summed E-state index contributed by atoms with van der Waals surface area (Å²) in [7, 11) is 0.480. The average Bonchev–Trinajstić information content (AvgIpc) is 3.22. The van der Waals surface area contributed by atoms with Gasteiger partial charge in [0.2, 0.25) is 5.91 Å². The molecule has 0 aliphatic heterocycles. The Labute approximate surface area is 317 Å². The molecule has 0 fully saturated rings. The zero-order valence-corrected chi connectivity index (χ0v) is 32.3.